The predicted octanol–water partition coefficient (Wildman–Crippen LogP) is 1.62. The Bertz CT molecular complexity index is 549. The third-order valence-electron chi connectivity index (χ3n) is 4.02. The zero-order valence-electron chi connectivity index (χ0n) is 13.4. The van der Waals surface area contributed by atoms with Crippen LogP contribution in [0.15, 0.2) is 36.4 Å². The Morgan fingerprint density at radius 1 is 1.17 bits per heavy atom. The minimum Gasteiger partial charge on any atom is -0.393 e. The highest BCUT2D eigenvalue weighted by Gasteiger charge is 2.23. The number of hydrogen-bond donors (Lipinski definition) is 3. The van der Waals surface area contributed by atoms with Gasteiger partial charge in [-0.3, -0.25) is 9.59 Å². The van der Waals surface area contributed by atoms with Crippen LogP contribution in [0.1, 0.15) is 38.2 Å². The minimum atomic E-state index is -0.588. The first-order valence-corrected chi connectivity index (χ1v) is 8.06. The van der Waals surface area contributed by atoms with E-state index in [0.717, 1.165) is 18.4 Å². The van der Waals surface area contributed by atoms with Crippen LogP contribution in [0.3, 0.4) is 0 Å². The summed E-state index contributed by atoms with van der Waals surface area (Å²) in [6.45, 7) is 1.67. The first-order chi connectivity index (χ1) is 11.0. The van der Waals surface area contributed by atoms with Gasteiger partial charge in [0.1, 0.15) is 6.04 Å². The molecule has 1 aromatic carbocycles. The van der Waals surface area contributed by atoms with Crippen molar-refractivity contribution in [3.8, 4) is 0 Å². The van der Waals surface area contributed by atoms with Gasteiger partial charge in [0.05, 0.1) is 6.10 Å². The van der Waals surface area contributed by atoms with Gasteiger partial charge in [0.25, 0.3) is 0 Å². The van der Waals surface area contributed by atoms with Gasteiger partial charge in [-0.25, -0.2) is 0 Å². The fraction of sp³-hybridized carbons (Fsp3) is 0.444. The number of nitrogens with one attached hydrogen (secondary N) is 2. The quantitative estimate of drug-likeness (QED) is 0.722. The molecule has 1 aliphatic rings. The van der Waals surface area contributed by atoms with Crippen molar-refractivity contribution in [3.63, 3.8) is 0 Å². The third-order valence-corrected chi connectivity index (χ3v) is 4.02. The summed E-state index contributed by atoms with van der Waals surface area (Å²) in [4.78, 5) is 23.9. The lowest BCUT2D eigenvalue weighted by Gasteiger charge is -2.27. The molecule has 2 amide bonds. The van der Waals surface area contributed by atoms with Crippen molar-refractivity contribution in [1.29, 1.82) is 0 Å². The SMILES string of the molecule is CC(NC(=O)C=Cc1ccccc1)C(=O)NC1CCC(O)CC1. The second kappa shape index (κ2) is 8.48. The van der Waals surface area contributed by atoms with Gasteiger partial charge >= 0.3 is 0 Å². The van der Waals surface area contributed by atoms with E-state index in [2.05, 4.69) is 10.6 Å². The van der Waals surface area contributed by atoms with Crippen molar-refractivity contribution in [1.82, 2.24) is 10.6 Å². The van der Waals surface area contributed by atoms with Crippen LogP contribution in [0, 0.1) is 0 Å². The molecule has 1 aromatic rings. The lowest BCUT2D eigenvalue weighted by molar-refractivity contribution is -0.127. The highest BCUT2D eigenvalue weighted by Crippen LogP contribution is 2.18. The highest BCUT2D eigenvalue weighted by molar-refractivity contribution is 5.95. The number of amides is 2. The summed E-state index contributed by atoms with van der Waals surface area (Å²) in [5.41, 5.74) is 0.931. The van der Waals surface area contributed by atoms with Crippen molar-refractivity contribution >= 4 is 17.9 Å². The smallest absolute Gasteiger partial charge is 0.244 e. The first-order valence-electron chi connectivity index (χ1n) is 8.06. The van der Waals surface area contributed by atoms with Crippen LogP contribution in [0.2, 0.25) is 0 Å². The van der Waals surface area contributed by atoms with E-state index in [-0.39, 0.29) is 24.0 Å². The number of benzene rings is 1. The minimum absolute atomic E-state index is 0.0881. The van der Waals surface area contributed by atoms with Gasteiger partial charge in [-0.15, -0.1) is 0 Å². The van der Waals surface area contributed by atoms with Gasteiger partial charge in [-0.2, -0.15) is 0 Å². The fourth-order valence-corrected chi connectivity index (χ4v) is 2.61. The molecule has 3 N–H and O–H groups in total. The largest absolute Gasteiger partial charge is 0.393 e. The lowest BCUT2D eigenvalue weighted by Crippen LogP contribution is -2.48. The van der Waals surface area contributed by atoms with E-state index in [1.165, 1.54) is 6.08 Å². The maximum atomic E-state index is 12.1. The van der Waals surface area contributed by atoms with Crippen LogP contribution in [0.25, 0.3) is 6.08 Å². The van der Waals surface area contributed by atoms with Crippen molar-refractivity contribution in [2.24, 2.45) is 0 Å². The van der Waals surface area contributed by atoms with E-state index in [9.17, 15) is 14.7 Å². The molecule has 0 spiro atoms. The van der Waals surface area contributed by atoms with Gasteiger partial charge < -0.3 is 15.7 Å². The topological polar surface area (TPSA) is 78.4 Å². The molecule has 1 aliphatic carbocycles. The molecule has 0 aliphatic heterocycles. The van der Waals surface area contributed by atoms with Gasteiger partial charge in [0.15, 0.2) is 0 Å². The average molecular weight is 316 g/mol. The van der Waals surface area contributed by atoms with Crippen LogP contribution in [0.5, 0.6) is 0 Å². The summed E-state index contributed by atoms with van der Waals surface area (Å²) in [5, 5.41) is 15.1. The molecule has 0 heterocycles. The molecule has 5 heteroatoms. The summed E-state index contributed by atoms with van der Waals surface area (Å²) in [5.74, 6) is -0.483. The van der Waals surface area contributed by atoms with Crippen molar-refractivity contribution in [2.75, 3.05) is 0 Å². The van der Waals surface area contributed by atoms with Crippen LogP contribution < -0.4 is 10.6 Å². The summed E-state index contributed by atoms with van der Waals surface area (Å²) < 4.78 is 0. The highest BCUT2D eigenvalue weighted by atomic mass is 16.3. The maximum absolute atomic E-state index is 12.1. The van der Waals surface area contributed by atoms with E-state index < -0.39 is 6.04 Å². The molecule has 1 fully saturated rings. The lowest BCUT2D eigenvalue weighted by atomic mass is 9.93. The molecule has 0 saturated heterocycles. The Labute approximate surface area is 136 Å². The fourth-order valence-electron chi connectivity index (χ4n) is 2.61. The van der Waals surface area contributed by atoms with Crippen molar-refractivity contribution in [2.45, 2.75) is 50.8 Å². The molecule has 0 aromatic heterocycles. The van der Waals surface area contributed by atoms with Gasteiger partial charge in [0, 0.05) is 12.1 Å². The number of aliphatic hydroxyl groups is 1. The van der Waals surface area contributed by atoms with E-state index in [0.29, 0.717) is 12.8 Å². The van der Waals surface area contributed by atoms with Crippen LogP contribution >= 0.6 is 0 Å². The van der Waals surface area contributed by atoms with Crippen LogP contribution in [-0.4, -0.2) is 35.1 Å². The summed E-state index contributed by atoms with van der Waals surface area (Å²) in [6, 6.07) is 9.01. The molecule has 2 rings (SSSR count). The Morgan fingerprint density at radius 2 is 1.83 bits per heavy atom. The normalized spacial score (nSPS) is 22.5. The number of hydrogen-bond acceptors (Lipinski definition) is 3. The van der Waals surface area contributed by atoms with Gasteiger partial charge in [-0.05, 0) is 44.2 Å². The Balaban J connectivity index is 1.76. The molecule has 124 valence electrons. The molecular weight excluding hydrogens is 292 g/mol. The second-order valence-corrected chi connectivity index (χ2v) is 5.99. The monoisotopic (exact) mass is 316 g/mol. The van der Waals surface area contributed by atoms with Crippen LogP contribution in [-0.2, 0) is 9.59 Å². The summed E-state index contributed by atoms with van der Waals surface area (Å²) >= 11 is 0. The molecule has 5 nitrogen and oxygen atoms in total. The molecule has 1 atom stereocenters. The number of aliphatic hydroxyl groups excluding tert-OH is 1. The average Bonchev–Trinajstić information content (AvgIpc) is 2.56. The van der Waals surface area contributed by atoms with Gasteiger partial charge in [-0.1, -0.05) is 30.3 Å². The molecule has 1 saturated carbocycles. The summed E-state index contributed by atoms with van der Waals surface area (Å²) in [6.07, 6.45) is 5.88. The first kappa shape index (κ1) is 17.2. The number of carbonyl (C=O) groups is 2. The molecular formula is C18H24N2O3. The number of rotatable bonds is 5. The zero-order chi connectivity index (χ0) is 16.7. The van der Waals surface area contributed by atoms with Crippen molar-refractivity contribution < 1.29 is 14.7 Å². The van der Waals surface area contributed by atoms with Crippen LogP contribution in [0.4, 0.5) is 0 Å². The Morgan fingerprint density at radius 3 is 2.48 bits per heavy atom. The Hall–Kier alpha value is -2.14. The van der Waals surface area contributed by atoms with E-state index in [1.54, 1.807) is 13.0 Å². The molecule has 0 bridgehead atoms. The third kappa shape index (κ3) is 5.87. The standard InChI is InChI=1S/C18H24N2O3/c1-13(18(23)20-15-8-10-16(21)11-9-15)19-17(22)12-7-14-5-3-2-4-6-14/h2-7,12-13,15-16,21H,8-11H2,1H3,(H,19,22)(H,20,23). The predicted molar refractivity (Wildman–Crippen MR) is 89.5 cm³/mol. The second-order valence-electron chi connectivity index (χ2n) is 5.99. The van der Waals surface area contributed by atoms with Crippen molar-refractivity contribution in [3.05, 3.63) is 42.0 Å². The maximum Gasteiger partial charge on any atom is 0.244 e. The summed E-state index contributed by atoms with van der Waals surface area (Å²) in [7, 11) is 0. The van der Waals surface area contributed by atoms with E-state index in [1.807, 2.05) is 30.3 Å². The van der Waals surface area contributed by atoms with Gasteiger partial charge in [0.2, 0.25) is 11.8 Å². The Kier molecular flexibility index (Phi) is 6.35. The zero-order valence-corrected chi connectivity index (χ0v) is 13.4. The van der Waals surface area contributed by atoms with E-state index >= 15 is 0 Å². The molecule has 23 heavy (non-hydrogen) atoms. The molecule has 0 radical (unpaired) electrons. The molecule has 1 unspecified atom stereocenters. The number of carbonyl (C=O) groups excluding carboxylic acids is 2. The van der Waals surface area contributed by atoms with E-state index in [4.69, 9.17) is 0 Å².